The van der Waals surface area contributed by atoms with E-state index in [2.05, 4.69) is 15.5 Å². The molecule has 1 aliphatic heterocycles. The predicted octanol–water partition coefficient (Wildman–Crippen LogP) is 0.318. The molecule has 0 aliphatic carbocycles. The molecule has 0 saturated carbocycles. The van der Waals surface area contributed by atoms with Crippen molar-refractivity contribution >= 4 is 15.7 Å². The molecule has 1 aromatic carbocycles. The predicted molar refractivity (Wildman–Crippen MR) is 81.3 cm³/mol. The number of alkyl halides is 2. The summed E-state index contributed by atoms with van der Waals surface area (Å²) < 4.78 is 47.4. The van der Waals surface area contributed by atoms with Crippen LogP contribution in [0.4, 0.5) is 8.78 Å². The number of rotatable bonds is 6. The van der Waals surface area contributed by atoms with Gasteiger partial charge in [0.05, 0.1) is 4.90 Å². The van der Waals surface area contributed by atoms with E-state index < -0.39 is 20.5 Å². The van der Waals surface area contributed by atoms with Crippen LogP contribution in [0.15, 0.2) is 29.2 Å². The quantitative estimate of drug-likeness (QED) is 0.775. The zero-order chi connectivity index (χ0) is 16.9. The molecule has 1 aromatic rings. The number of carbonyl (C=O) groups is 1. The van der Waals surface area contributed by atoms with E-state index in [0.717, 1.165) is 44.9 Å². The minimum Gasteiger partial charge on any atom is -0.351 e. The number of piperazine rings is 1. The molecule has 0 radical (unpaired) electrons. The van der Waals surface area contributed by atoms with E-state index in [1.165, 1.54) is 12.1 Å². The Morgan fingerprint density at radius 3 is 2.39 bits per heavy atom. The Morgan fingerprint density at radius 2 is 1.83 bits per heavy atom. The van der Waals surface area contributed by atoms with Crippen molar-refractivity contribution in [2.24, 2.45) is 0 Å². The lowest BCUT2D eigenvalue weighted by atomic mass is 10.2. The van der Waals surface area contributed by atoms with Gasteiger partial charge in [0.25, 0.3) is 5.91 Å². The maximum absolute atomic E-state index is 12.4. The Morgan fingerprint density at radius 1 is 1.22 bits per heavy atom. The Labute approximate surface area is 133 Å². The van der Waals surface area contributed by atoms with Crippen LogP contribution < -0.4 is 10.6 Å². The molecular weight excluding hydrogens is 328 g/mol. The van der Waals surface area contributed by atoms with Crippen molar-refractivity contribution in [2.45, 2.75) is 10.7 Å². The molecular formula is C14H19F2N3O3S. The molecule has 1 amide bonds. The highest BCUT2D eigenvalue weighted by molar-refractivity contribution is 7.91. The minimum atomic E-state index is -4.63. The van der Waals surface area contributed by atoms with Gasteiger partial charge in [-0.25, -0.2) is 8.42 Å². The van der Waals surface area contributed by atoms with Crippen molar-refractivity contribution in [2.75, 3.05) is 39.3 Å². The van der Waals surface area contributed by atoms with E-state index in [1.807, 2.05) is 0 Å². The second-order valence-electron chi connectivity index (χ2n) is 5.18. The second-order valence-corrected chi connectivity index (χ2v) is 7.10. The van der Waals surface area contributed by atoms with Crippen molar-refractivity contribution in [1.82, 2.24) is 15.5 Å². The molecule has 2 rings (SSSR count). The van der Waals surface area contributed by atoms with Gasteiger partial charge in [-0.1, -0.05) is 0 Å². The van der Waals surface area contributed by atoms with Gasteiger partial charge in [-0.05, 0) is 24.3 Å². The highest BCUT2D eigenvalue weighted by Gasteiger charge is 2.26. The summed E-state index contributed by atoms with van der Waals surface area (Å²) in [5, 5.41) is 5.96. The molecule has 0 aromatic heterocycles. The van der Waals surface area contributed by atoms with Crippen LogP contribution in [0.5, 0.6) is 0 Å². The van der Waals surface area contributed by atoms with Gasteiger partial charge in [-0.15, -0.1) is 0 Å². The number of carbonyl (C=O) groups excluding carboxylic acids is 1. The molecule has 0 spiro atoms. The first kappa shape index (κ1) is 17.8. The third kappa shape index (κ3) is 4.69. The molecule has 0 bridgehead atoms. The van der Waals surface area contributed by atoms with Crippen molar-refractivity contribution in [3.63, 3.8) is 0 Å². The first-order chi connectivity index (χ1) is 10.9. The number of nitrogens with one attached hydrogen (secondary N) is 2. The van der Waals surface area contributed by atoms with E-state index in [0.29, 0.717) is 6.54 Å². The molecule has 1 aliphatic rings. The van der Waals surface area contributed by atoms with Crippen LogP contribution in [-0.4, -0.2) is 64.3 Å². The summed E-state index contributed by atoms with van der Waals surface area (Å²) in [6, 6.07) is 4.50. The van der Waals surface area contributed by atoms with E-state index >= 15 is 0 Å². The Bertz CT molecular complexity index is 629. The van der Waals surface area contributed by atoms with Crippen molar-refractivity contribution < 1.29 is 22.0 Å². The Kier molecular flexibility index (Phi) is 6.03. The average Bonchev–Trinajstić information content (AvgIpc) is 2.55. The fourth-order valence-electron chi connectivity index (χ4n) is 2.26. The molecule has 2 N–H and O–H groups in total. The monoisotopic (exact) mass is 347 g/mol. The summed E-state index contributed by atoms with van der Waals surface area (Å²) in [6.07, 6.45) is 0. The Hall–Kier alpha value is -1.58. The zero-order valence-electron chi connectivity index (χ0n) is 12.5. The maximum atomic E-state index is 12.4. The maximum Gasteiger partial charge on any atom is 0.341 e. The van der Waals surface area contributed by atoms with E-state index in [4.69, 9.17) is 0 Å². The number of halogens is 2. The first-order valence-electron chi connectivity index (χ1n) is 7.24. The second kappa shape index (κ2) is 7.80. The smallest absolute Gasteiger partial charge is 0.341 e. The third-order valence-electron chi connectivity index (χ3n) is 3.60. The molecule has 6 nitrogen and oxygen atoms in total. The molecule has 128 valence electrons. The van der Waals surface area contributed by atoms with Gasteiger partial charge >= 0.3 is 5.76 Å². The van der Waals surface area contributed by atoms with Crippen molar-refractivity contribution in [1.29, 1.82) is 0 Å². The normalized spacial score (nSPS) is 16.5. The average molecular weight is 347 g/mol. The molecule has 23 heavy (non-hydrogen) atoms. The largest absolute Gasteiger partial charge is 0.351 e. The number of sulfone groups is 1. The van der Waals surface area contributed by atoms with Gasteiger partial charge in [0.2, 0.25) is 9.84 Å². The van der Waals surface area contributed by atoms with E-state index in [9.17, 15) is 22.0 Å². The summed E-state index contributed by atoms with van der Waals surface area (Å²) in [6.45, 7) is 4.90. The summed E-state index contributed by atoms with van der Waals surface area (Å²) in [7, 11) is -4.63. The van der Waals surface area contributed by atoms with Crippen LogP contribution in [0.25, 0.3) is 0 Å². The van der Waals surface area contributed by atoms with Crippen LogP contribution in [0.3, 0.4) is 0 Å². The Balaban J connectivity index is 1.87. The lowest BCUT2D eigenvalue weighted by molar-refractivity contribution is 0.0947. The molecule has 1 saturated heterocycles. The number of benzene rings is 1. The minimum absolute atomic E-state index is 0.235. The highest BCUT2D eigenvalue weighted by atomic mass is 32.2. The highest BCUT2D eigenvalue weighted by Crippen LogP contribution is 2.18. The summed E-state index contributed by atoms with van der Waals surface area (Å²) in [5.74, 6) is -3.83. The fraction of sp³-hybridized carbons (Fsp3) is 0.500. The van der Waals surface area contributed by atoms with Crippen molar-refractivity contribution in [3.8, 4) is 0 Å². The molecule has 0 atom stereocenters. The van der Waals surface area contributed by atoms with Crippen LogP contribution >= 0.6 is 0 Å². The van der Waals surface area contributed by atoms with Crippen LogP contribution in [0.2, 0.25) is 0 Å². The van der Waals surface area contributed by atoms with Gasteiger partial charge in [0.1, 0.15) is 0 Å². The lowest BCUT2D eigenvalue weighted by Gasteiger charge is -2.27. The van der Waals surface area contributed by atoms with Gasteiger partial charge in [-0.3, -0.25) is 9.69 Å². The number of hydrogen-bond donors (Lipinski definition) is 2. The summed E-state index contributed by atoms with van der Waals surface area (Å²) >= 11 is 0. The van der Waals surface area contributed by atoms with Gasteiger partial charge in [0.15, 0.2) is 0 Å². The van der Waals surface area contributed by atoms with Gasteiger partial charge in [0, 0.05) is 44.8 Å². The number of nitrogens with zero attached hydrogens (tertiary/aromatic N) is 1. The van der Waals surface area contributed by atoms with E-state index in [-0.39, 0.29) is 11.5 Å². The topological polar surface area (TPSA) is 78.5 Å². The van der Waals surface area contributed by atoms with Crippen LogP contribution in [0, 0.1) is 0 Å². The zero-order valence-corrected chi connectivity index (χ0v) is 13.3. The molecule has 9 heteroatoms. The van der Waals surface area contributed by atoms with Gasteiger partial charge in [-0.2, -0.15) is 8.78 Å². The van der Waals surface area contributed by atoms with Crippen LogP contribution in [-0.2, 0) is 9.84 Å². The number of hydrogen-bond acceptors (Lipinski definition) is 5. The number of amides is 1. The molecule has 1 heterocycles. The lowest BCUT2D eigenvalue weighted by Crippen LogP contribution is -2.46. The standard InChI is InChI=1S/C14H19F2N3O3S/c15-14(16)23(21,22)12-3-1-11(2-4-12)13(20)18-7-10-19-8-5-17-6-9-19/h1-4,14,17H,5-10H2,(H,18,20). The van der Waals surface area contributed by atoms with Gasteiger partial charge < -0.3 is 10.6 Å². The van der Waals surface area contributed by atoms with E-state index in [1.54, 1.807) is 0 Å². The van der Waals surface area contributed by atoms with Crippen LogP contribution in [0.1, 0.15) is 10.4 Å². The summed E-state index contributed by atoms with van der Waals surface area (Å²) in [4.78, 5) is 13.7. The molecule has 1 fully saturated rings. The third-order valence-corrected chi connectivity index (χ3v) is 5.00. The fourth-order valence-corrected chi connectivity index (χ4v) is 2.98. The molecule has 0 unspecified atom stereocenters. The van der Waals surface area contributed by atoms with Crippen molar-refractivity contribution in [3.05, 3.63) is 29.8 Å². The summed E-state index contributed by atoms with van der Waals surface area (Å²) in [5.41, 5.74) is 0.235. The first-order valence-corrected chi connectivity index (χ1v) is 8.79. The SMILES string of the molecule is O=C(NCCN1CCNCC1)c1ccc(S(=O)(=O)C(F)F)cc1.